The van der Waals surface area contributed by atoms with Crippen LogP contribution in [0.1, 0.15) is 42.6 Å². The zero-order chi connectivity index (χ0) is 16.0. The lowest BCUT2D eigenvalue weighted by Crippen LogP contribution is -2.29. The molecule has 0 saturated carbocycles. The average molecular weight is 292 g/mol. The van der Waals surface area contributed by atoms with Gasteiger partial charge in [0.15, 0.2) is 0 Å². The molecule has 114 valence electrons. The maximum absolute atomic E-state index is 11.8. The summed E-state index contributed by atoms with van der Waals surface area (Å²) in [6.07, 6.45) is 0.0480. The van der Waals surface area contributed by atoms with Crippen LogP contribution in [0.5, 0.6) is 0 Å². The molecule has 2 amide bonds. The van der Waals surface area contributed by atoms with Crippen molar-refractivity contribution in [1.82, 2.24) is 5.32 Å². The van der Waals surface area contributed by atoms with Crippen LogP contribution < -0.4 is 11.1 Å². The van der Waals surface area contributed by atoms with E-state index in [0.717, 1.165) is 5.56 Å². The Morgan fingerprint density at radius 1 is 1.24 bits per heavy atom. The minimum Gasteiger partial charge on any atom is -0.481 e. The molecule has 0 bridgehead atoms. The number of aliphatic carboxylic acids is 1. The number of amides is 2. The van der Waals surface area contributed by atoms with Gasteiger partial charge < -0.3 is 16.2 Å². The second kappa shape index (κ2) is 6.88. The van der Waals surface area contributed by atoms with Gasteiger partial charge in [-0.25, -0.2) is 0 Å². The Labute approximate surface area is 123 Å². The van der Waals surface area contributed by atoms with Gasteiger partial charge in [-0.1, -0.05) is 26.0 Å². The molecule has 0 aliphatic carbocycles. The van der Waals surface area contributed by atoms with Crippen LogP contribution in [0.2, 0.25) is 0 Å². The van der Waals surface area contributed by atoms with E-state index in [4.69, 9.17) is 10.8 Å². The summed E-state index contributed by atoms with van der Waals surface area (Å²) in [4.78, 5) is 33.6. The molecule has 0 radical (unpaired) electrons. The first-order chi connectivity index (χ1) is 9.69. The first kappa shape index (κ1) is 16.7. The van der Waals surface area contributed by atoms with Crippen molar-refractivity contribution < 1.29 is 19.5 Å². The molecule has 0 unspecified atom stereocenters. The highest BCUT2D eigenvalue weighted by Gasteiger charge is 2.25. The number of rotatable bonds is 7. The highest BCUT2D eigenvalue weighted by molar-refractivity contribution is 5.92. The van der Waals surface area contributed by atoms with Crippen LogP contribution in [0.3, 0.4) is 0 Å². The molecule has 4 N–H and O–H groups in total. The largest absolute Gasteiger partial charge is 0.481 e. The molecular formula is C15H20N2O4. The van der Waals surface area contributed by atoms with Crippen LogP contribution in [0, 0.1) is 5.41 Å². The number of hydrogen-bond donors (Lipinski definition) is 3. The molecule has 0 heterocycles. The molecule has 1 rings (SSSR count). The summed E-state index contributed by atoms with van der Waals surface area (Å²) in [5.74, 6) is -1.68. The molecule has 21 heavy (non-hydrogen) atoms. The predicted molar refractivity (Wildman–Crippen MR) is 77.5 cm³/mol. The van der Waals surface area contributed by atoms with Gasteiger partial charge in [0.05, 0.1) is 6.42 Å². The van der Waals surface area contributed by atoms with Crippen molar-refractivity contribution in [3.63, 3.8) is 0 Å². The first-order valence-electron chi connectivity index (χ1n) is 6.57. The van der Waals surface area contributed by atoms with Gasteiger partial charge in [-0.2, -0.15) is 0 Å². The third-order valence-electron chi connectivity index (χ3n) is 2.97. The number of carboxylic acid groups (broad SMARTS) is 1. The van der Waals surface area contributed by atoms with Crippen molar-refractivity contribution in [2.45, 2.75) is 33.2 Å². The first-order valence-corrected chi connectivity index (χ1v) is 6.57. The number of carboxylic acids is 1. The van der Waals surface area contributed by atoms with Gasteiger partial charge in [0.1, 0.15) is 0 Å². The van der Waals surface area contributed by atoms with Crippen LogP contribution in [0.25, 0.3) is 0 Å². The van der Waals surface area contributed by atoms with E-state index in [9.17, 15) is 14.4 Å². The molecule has 0 atom stereocenters. The molecule has 0 fully saturated rings. The van der Waals surface area contributed by atoms with Crippen LogP contribution in [-0.2, 0) is 16.1 Å². The molecule has 0 aromatic heterocycles. The Morgan fingerprint density at radius 3 is 2.48 bits per heavy atom. The number of carbonyl (C=O) groups excluding carboxylic acids is 2. The summed E-state index contributed by atoms with van der Waals surface area (Å²) in [5.41, 5.74) is 5.72. The number of nitrogens with one attached hydrogen (secondary N) is 1. The molecule has 1 aromatic rings. The summed E-state index contributed by atoms with van der Waals surface area (Å²) in [7, 11) is 0. The van der Waals surface area contributed by atoms with Gasteiger partial charge in [0, 0.05) is 18.5 Å². The van der Waals surface area contributed by atoms with E-state index in [1.807, 2.05) is 0 Å². The summed E-state index contributed by atoms with van der Waals surface area (Å²) in [5, 5.41) is 11.5. The molecular weight excluding hydrogens is 272 g/mol. The van der Waals surface area contributed by atoms with E-state index in [1.54, 1.807) is 38.1 Å². The van der Waals surface area contributed by atoms with E-state index in [1.165, 1.54) is 0 Å². The number of nitrogens with two attached hydrogens (primary N) is 1. The van der Waals surface area contributed by atoms with Crippen molar-refractivity contribution in [3.8, 4) is 0 Å². The Morgan fingerprint density at radius 2 is 1.90 bits per heavy atom. The van der Waals surface area contributed by atoms with Crippen LogP contribution >= 0.6 is 0 Å². The highest BCUT2D eigenvalue weighted by atomic mass is 16.4. The fourth-order valence-corrected chi connectivity index (χ4v) is 2.00. The van der Waals surface area contributed by atoms with Gasteiger partial charge in [-0.3, -0.25) is 14.4 Å². The van der Waals surface area contributed by atoms with Crippen molar-refractivity contribution in [3.05, 3.63) is 35.4 Å². The quantitative estimate of drug-likeness (QED) is 0.703. The van der Waals surface area contributed by atoms with Gasteiger partial charge >= 0.3 is 5.97 Å². The average Bonchev–Trinajstić information content (AvgIpc) is 2.34. The highest BCUT2D eigenvalue weighted by Crippen LogP contribution is 2.24. The third kappa shape index (κ3) is 6.07. The summed E-state index contributed by atoms with van der Waals surface area (Å²) in [6.45, 7) is 3.73. The lowest BCUT2D eigenvalue weighted by molar-refractivity contribution is -0.139. The second-order valence-electron chi connectivity index (χ2n) is 5.75. The van der Waals surface area contributed by atoms with Crippen molar-refractivity contribution in [1.29, 1.82) is 0 Å². The van der Waals surface area contributed by atoms with Crippen molar-refractivity contribution >= 4 is 17.8 Å². The van der Waals surface area contributed by atoms with Crippen LogP contribution in [-0.4, -0.2) is 22.9 Å². The fraction of sp³-hybridized carbons (Fsp3) is 0.400. The monoisotopic (exact) mass is 292 g/mol. The van der Waals surface area contributed by atoms with Gasteiger partial charge in [-0.05, 0) is 23.1 Å². The normalized spacial score (nSPS) is 11.0. The van der Waals surface area contributed by atoms with Crippen LogP contribution in [0.4, 0.5) is 0 Å². The molecule has 1 aromatic carbocycles. The second-order valence-corrected chi connectivity index (χ2v) is 5.75. The predicted octanol–water partition coefficient (Wildman–Crippen LogP) is 1.29. The zero-order valence-corrected chi connectivity index (χ0v) is 12.2. The third-order valence-corrected chi connectivity index (χ3v) is 2.97. The van der Waals surface area contributed by atoms with Crippen molar-refractivity contribution in [2.24, 2.45) is 11.1 Å². The van der Waals surface area contributed by atoms with Crippen molar-refractivity contribution in [2.75, 3.05) is 0 Å². The number of primary amides is 1. The lowest BCUT2D eigenvalue weighted by atomic mass is 9.85. The van der Waals surface area contributed by atoms with Gasteiger partial charge in [0.25, 0.3) is 0 Å². The molecule has 0 saturated heterocycles. The number of hydrogen-bond acceptors (Lipinski definition) is 3. The Kier molecular flexibility index (Phi) is 5.46. The van der Waals surface area contributed by atoms with E-state index in [-0.39, 0.29) is 25.3 Å². The SMILES string of the molecule is CC(C)(CC(=O)O)CC(=O)NCc1cccc(C(N)=O)c1. The van der Waals surface area contributed by atoms with Gasteiger partial charge in [-0.15, -0.1) is 0 Å². The molecule has 6 nitrogen and oxygen atoms in total. The standard InChI is InChI=1S/C15H20N2O4/c1-15(2,8-13(19)20)7-12(18)17-9-10-4-3-5-11(6-10)14(16)21/h3-6H,7-9H2,1-2H3,(H2,16,21)(H,17,18)(H,19,20). The van der Waals surface area contributed by atoms with E-state index in [0.29, 0.717) is 5.56 Å². The Hall–Kier alpha value is -2.37. The Bertz CT molecular complexity index is 552. The maximum Gasteiger partial charge on any atom is 0.303 e. The number of benzene rings is 1. The topological polar surface area (TPSA) is 109 Å². The van der Waals surface area contributed by atoms with Crippen LogP contribution in [0.15, 0.2) is 24.3 Å². The van der Waals surface area contributed by atoms with E-state index >= 15 is 0 Å². The fourth-order valence-electron chi connectivity index (χ4n) is 2.00. The Balaban J connectivity index is 2.55. The summed E-state index contributed by atoms with van der Waals surface area (Å²) < 4.78 is 0. The molecule has 6 heteroatoms. The zero-order valence-electron chi connectivity index (χ0n) is 12.2. The van der Waals surface area contributed by atoms with E-state index < -0.39 is 17.3 Å². The minimum atomic E-state index is -0.929. The maximum atomic E-state index is 11.8. The van der Waals surface area contributed by atoms with Gasteiger partial charge in [0.2, 0.25) is 11.8 Å². The number of carbonyl (C=O) groups is 3. The molecule has 0 aliphatic rings. The summed E-state index contributed by atoms with van der Waals surface area (Å²) in [6, 6.07) is 6.68. The lowest BCUT2D eigenvalue weighted by Gasteiger charge is -2.21. The van der Waals surface area contributed by atoms with E-state index in [2.05, 4.69) is 5.32 Å². The smallest absolute Gasteiger partial charge is 0.303 e. The summed E-state index contributed by atoms with van der Waals surface area (Å²) >= 11 is 0. The molecule has 0 aliphatic heterocycles. The minimum absolute atomic E-state index is 0.0718. The molecule has 0 spiro atoms.